The van der Waals surface area contributed by atoms with Gasteiger partial charge < -0.3 is 4.90 Å². The van der Waals surface area contributed by atoms with Gasteiger partial charge in [-0.3, -0.25) is 10.1 Å². The van der Waals surface area contributed by atoms with Crippen LogP contribution in [0.1, 0.15) is 46.0 Å². The third kappa shape index (κ3) is 2.22. The second kappa shape index (κ2) is 3.98. The molecule has 1 saturated heterocycles. The molecule has 2 saturated carbocycles. The summed E-state index contributed by atoms with van der Waals surface area (Å²) in [7, 11) is 0. The fraction of sp³-hybridized carbons (Fsp3) is 0.929. The molecule has 0 spiro atoms. The molecule has 0 bridgehead atoms. The molecule has 0 aromatic carbocycles. The third-order valence-corrected chi connectivity index (χ3v) is 4.69. The van der Waals surface area contributed by atoms with Gasteiger partial charge in [0.25, 0.3) is 0 Å². The van der Waals surface area contributed by atoms with Gasteiger partial charge in [0.2, 0.25) is 5.91 Å². The van der Waals surface area contributed by atoms with Gasteiger partial charge >= 0.3 is 0 Å². The largest absolute Gasteiger partial charge is 0.328 e. The van der Waals surface area contributed by atoms with E-state index in [1.807, 2.05) is 0 Å². The Labute approximate surface area is 104 Å². The van der Waals surface area contributed by atoms with Crippen LogP contribution in [0.25, 0.3) is 0 Å². The second-order valence-corrected chi connectivity index (χ2v) is 6.72. The van der Waals surface area contributed by atoms with Crippen LogP contribution in [0.5, 0.6) is 0 Å². The predicted molar refractivity (Wildman–Crippen MR) is 67.3 cm³/mol. The van der Waals surface area contributed by atoms with Crippen molar-refractivity contribution in [3.8, 4) is 0 Å². The molecule has 1 heterocycles. The zero-order valence-electron chi connectivity index (χ0n) is 11.0. The lowest BCUT2D eigenvalue weighted by Gasteiger charge is -2.23. The summed E-state index contributed by atoms with van der Waals surface area (Å²) in [6.07, 6.45) is 6.51. The Balaban J connectivity index is 1.57. The second-order valence-electron chi connectivity index (χ2n) is 6.72. The van der Waals surface area contributed by atoms with Crippen LogP contribution in [0, 0.1) is 17.3 Å². The lowest BCUT2D eigenvalue weighted by Crippen LogP contribution is -2.35. The molecule has 3 rings (SSSR count). The minimum absolute atomic E-state index is 0.0880. The predicted octanol–water partition coefficient (Wildman–Crippen LogP) is 1.98. The molecular weight excluding hydrogens is 212 g/mol. The average molecular weight is 236 g/mol. The van der Waals surface area contributed by atoms with Gasteiger partial charge in [0.1, 0.15) is 0 Å². The highest BCUT2D eigenvalue weighted by Crippen LogP contribution is 2.61. The van der Waals surface area contributed by atoms with Crippen LogP contribution in [0.3, 0.4) is 0 Å². The molecule has 1 atom stereocenters. The van der Waals surface area contributed by atoms with Crippen molar-refractivity contribution in [2.75, 3.05) is 13.2 Å². The van der Waals surface area contributed by atoms with Gasteiger partial charge in [-0.15, -0.1) is 0 Å². The summed E-state index contributed by atoms with van der Waals surface area (Å²) in [5.74, 6) is 1.89. The molecule has 3 heteroatoms. The van der Waals surface area contributed by atoms with E-state index < -0.39 is 0 Å². The van der Waals surface area contributed by atoms with Gasteiger partial charge in [-0.1, -0.05) is 13.8 Å². The molecule has 1 N–H and O–H groups in total. The van der Waals surface area contributed by atoms with Gasteiger partial charge in [0.15, 0.2) is 0 Å². The normalized spacial score (nSPS) is 31.4. The van der Waals surface area contributed by atoms with Crippen LogP contribution in [0.15, 0.2) is 0 Å². The number of carbonyl (C=O) groups is 1. The Morgan fingerprint density at radius 2 is 2.12 bits per heavy atom. The minimum atomic E-state index is 0.0880. The van der Waals surface area contributed by atoms with Crippen LogP contribution < -0.4 is 5.32 Å². The molecule has 3 nitrogen and oxygen atoms in total. The highest BCUT2D eigenvalue weighted by Gasteiger charge is 2.55. The Morgan fingerprint density at radius 1 is 1.41 bits per heavy atom. The first-order valence-corrected chi connectivity index (χ1v) is 7.13. The van der Waals surface area contributed by atoms with Gasteiger partial charge in [-0.25, -0.2) is 0 Å². The number of carbonyl (C=O) groups excluding carboxylic acids is 1. The molecule has 0 radical (unpaired) electrons. The number of hydrogen-bond acceptors (Lipinski definition) is 2. The Morgan fingerprint density at radius 3 is 2.65 bits per heavy atom. The third-order valence-electron chi connectivity index (χ3n) is 4.69. The van der Waals surface area contributed by atoms with E-state index in [9.17, 15) is 4.79 Å². The summed E-state index contributed by atoms with van der Waals surface area (Å²) in [5, 5.41) is 3.37. The molecule has 1 aliphatic heterocycles. The van der Waals surface area contributed by atoms with Crippen molar-refractivity contribution in [2.24, 2.45) is 17.3 Å². The van der Waals surface area contributed by atoms with E-state index in [4.69, 9.17) is 0 Å². The summed E-state index contributed by atoms with van der Waals surface area (Å²) in [6.45, 7) is 6.18. The lowest BCUT2D eigenvalue weighted by atomic mass is 9.99. The highest BCUT2D eigenvalue weighted by atomic mass is 16.2. The number of hydrogen-bond donors (Lipinski definition) is 1. The number of rotatable bonds is 5. The van der Waals surface area contributed by atoms with E-state index in [1.165, 1.54) is 25.7 Å². The summed E-state index contributed by atoms with van der Waals surface area (Å²) in [6, 6.07) is 0.0880. The van der Waals surface area contributed by atoms with E-state index in [0.29, 0.717) is 17.2 Å². The Hall–Kier alpha value is -0.570. The maximum atomic E-state index is 12.3. The lowest BCUT2D eigenvalue weighted by molar-refractivity contribution is -0.130. The van der Waals surface area contributed by atoms with Crippen LogP contribution in [-0.4, -0.2) is 30.1 Å². The van der Waals surface area contributed by atoms with E-state index in [-0.39, 0.29) is 6.04 Å². The first-order valence-electron chi connectivity index (χ1n) is 7.13. The molecule has 96 valence electrons. The first kappa shape index (κ1) is 11.5. The summed E-state index contributed by atoms with van der Waals surface area (Å²) >= 11 is 0. The van der Waals surface area contributed by atoms with Crippen molar-refractivity contribution in [1.82, 2.24) is 10.2 Å². The topological polar surface area (TPSA) is 32.3 Å². The number of amides is 1. The Kier molecular flexibility index (Phi) is 2.69. The van der Waals surface area contributed by atoms with Crippen LogP contribution >= 0.6 is 0 Å². The monoisotopic (exact) mass is 236 g/mol. The van der Waals surface area contributed by atoms with Crippen molar-refractivity contribution in [2.45, 2.75) is 52.0 Å². The van der Waals surface area contributed by atoms with Crippen molar-refractivity contribution in [3.63, 3.8) is 0 Å². The molecule has 1 unspecified atom stereocenters. The van der Waals surface area contributed by atoms with Gasteiger partial charge in [-0.05, 0) is 49.4 Å². The van der Waals surface area contributed by atoms with E-state index in [0.717, 1.165) is 25.6 Å². The van der Waals surface area contributed by atoms with Gasteiger partial charge in [0.05, 0.1) is 12.7 Å². The standard InChI is InChI=1S/C14H24N2O/c1-10(2)7-12-13(17)16(9-15-12)8-14(5-6-14)11-3-4-11/h10-12,15H,3-9H2,1-2H3. The Bertz CT molecular complexity index is 318. The zero-order valence-corrected chi connectivity index (χ0v) is 11.0. The van der Waals surface area contributed by atoms with Crippen LogP contribution in [-0.2, 0) is 4.79 Å². The SMILES string of the molecule is CC(C)CC1NCN(CC2(C3CC3)CC2)C1=O. The number of nitrogens with one attached hydrogen (secondary N) is 1. The molecule has 2 aliphatic carbocycles. The van der Waals surface area contributed by atoms with Crippen LogP contribution in [0.4, 0.5) is 0 Å². The molecule has 1 amide bonds. The minimum Gasteiger partial charge on any atom is -0.328 e. The molecule has 0 aromatic rings. The summed E-state index contributed by atoms with van der Waals surface area (Å²) < 4.78 is 0. The van der Waals surface area contributed by atoms with E-state index in [2.05, 4.69) is 24.1 Å². The zero-order chi connectivity index (χ0) is 12.0. The average Bonchev–Trinajstić information content (AvgIpc) is 3.12. The smallest absolute Gasteiger partial charge is 0.240 e. The molecule has 0 aromatic heterocycles. The highest BCUT2D eigenvalue weighted by molar-refractivity contribution is 5.83. The van der Waals surface area contributed by atoms with Crippen molar-refractivity contribution >= 4 is 5.91 Å². The molecule has 3 fully saturated rings. The van der Waals surface area contributed by atoms with E-state index in [1.54, 1.807) is 0 Å². The van der Waals surface area contributed by atoms with Crippen molar-refractivity contribution in [3.05, 3.63) is 0 Å². The fourth-order valence-electron chi connectivity index (χ4n) is 3.33. The maximum Gasteiger partial charge on any atom is 0.240 e. The van der Waals surface area contributed by atoms with Gasteiger partial charge in [-0.2, -0.15) is 0 Å². The molecule has 17 heavy (non-hydrogen) atoms. The molecular formula is C14H24N2O. The van der Waals surface area contributed by atoms with E-state index >= 15 is 0 Å². The van der Waals surface area contributed by atoms with Gasteiger partial charge in [0, 0.05) is 6.54 Å². The quantitative estimate of drug-likeness (QED) is 0.791. The summed E-state index contributed by atoms with van der Waals surface area (Å²) in [5.41, 5.74) is 0.546. The molecule has 3 aliphatic rings. The first-order chi connectivity index (χ1) is 8.11. The number of nitrogens with zero attached hydrogens (tertiary/aromatic N) is 1. The van der Waals surface area contributed by atoms with Crippen LogP contribution in [0.2, 0.25) is 0 Å². The summed E-state index contributed by atoms with van der Waals surface area (Å²) in [4.78, 5) is 14.3. The maximum absolute atomic E-state index is 12.3. The fourth-order valence-corrected chi connectivity index (χ4v) is 3.33. The van der Waals surface area contributed by atoms with Crippen molar-refractivity contribution < 1.29 is 4.79 Å². The van der Waals surface area contributed by atoms with Crippen molar-refractivity contribution in [1.29, 1.82) is 0 Å².